The van der Waals surface area contributed by atoms with Crippen LogP contribution in [0.5, 0.6) is 0 Å². The summed E-state index contributed by atoms with van der Waals surface area (Å²) in [5.41, 5.74) is 3.93. The van der Waals surface area contributed by atoms with Gasteiger partial charge in [0.2, 0.25) is 0 Å². The summed E-state index contributed by atoms with van der Waals surface area (Å²) in [5, 5.41) is 8.89. The SMILES string of the molecule is CNC1CC(C)(C)Cc2nc(-c3cnn(C)c3C)sc21. The van der Waals surface area contributed by atoms with E-state index in [2.05, 4.69) is 31.2 Å². The fourth-order valence-electron chi connectivity index (χ4n) is 2.99. The van der Waals surface area contributed by atoms with Crippen molar-refractivity contribution in [2.24, 2.45) is 12.5 Å². The summed E-state index contributed by atoms with van der Waals surface area (Å²) in [6.45, 7) is 6.76. The Morgan fingerprint density at radius 1 is 1.45 bits per heavy atom. The molecule has 3 rings (SSSR count). The van der Waals surface area contributed by atoms with Gasteiger partial charge >= 0.3 is 0 Å². The molecule has 2 heterocycles. The Morgan fingerprint density at radius 3 is 2.80 bits per heavy atom. The van der Waals surface area contributed by atoms with E-state index < -0.39 is 0 Å². The molecule has 1 N–H and O–H groups in total. The Morgan fingerprint density at radius 2 is 2.20 bits per heavy atom. The van der Waals surface area contributed by atoms with E-state index in [0.717, 1.165) is 11.4 Å². The van der Waals surface area contributed by atoms with E-state index in [1.807, 2.05) is 36.3 Å². The molecule has 0 saturated heterocycles. The molecule has 1 aliphatic rings. The van der Waals surface area contributed by atoms with Crippen molar-refractivity contribution < 1.29 is 0 Å². The first-order valence-corrected chi connectivity index (χ1v) is 7.89. The molecule has 0 fully saturated rings. The van der Waals surface area contributed by atoms with Gasteiger partial charge in [-0.3, -0.25) is 4.68 Å². The fourth-order valence-corrected chi connectivity index (χ4v) is 4.24. The third kappa shape index (κ3) is 2.19. The second-order valence-corrected chi connectivity index (χ2v) is 7.51. The van der Waals surface area contributed by atoms with E-state index in [9.17, 15) is 0 Å². The first kappa shape index (κ1) is 13.8. The molecular formula is C15H22N4S. The van der Waals surface area contributed by atoms with Crippen molar-refractivity contribution in [1.29, 1.82) is 0 Å². The number of hydrogen-bond acceptors (Lipinski definition) is 4. The van der Waals surface area contributed by atoms with Crippen LogP contribution in [0.3, 0.4) is 0 Å². The van der Waals surface area contributed by atoms with Crippen molar-refractivity contribution in [3.8, 4) is 10.6 Å². The van der Waals surface area contributed by atoms with E-state index in [4.69, 9.17) is 4.98 Å². The topological polar surface area (TPSA) is 42.7 Å². The van der Waals surface area contributed by atoms with E-state index in [1.165, 1.54) is 28.2 Å². The van der Waals surface area contributed by atoms with Gasteiger partial charge in [-0.25, -0.2) is 4.98 Å². The third-order valence-corrected chi connectivity index (χ3v) is 5.51. The van der Waals surface area contributed by atoms with Gasteiger partial charge in [0.05, 0.1) is 17.5 Å². The van der Waals surface area contributed by atoms with Crippen molar-refractivity contribution in [3.05, 3.63) is 22.5 Å². The second-order valence-electron chi connectivity index (χ2n) is 6.48. The molecule has 4 nitrogen and oxygen atoms in total. The van der Waals surface area contributed by atoms with Crippen molar-refractivity contribution >= 4 is 11.3 Å². The normalized spacial score (nSPS) is 20.9. The van der Waals surface area contributed by atoms with Gasteiger partial charge in [0, 0.05) is 23.7 Å². The molecule has 0 aliphatic heterocycles. The Bertz CT molecular complexity index is 638. The molecule has 1 aliphatic carbocycles. The Hall–Kier alpha value is -1.20. The van der Waals surface area contributed by atoms with Crippen molar-refractivity contribution in [2.45, 2.75) is 39.7 Å². The van der Waals surface area contributed by atoms with Crippen LogP contribution in [0.4, 0.5) is 0 Å². The molecule has 5 heteroatoms. The monoisotopic (exact) mass is 290 g/mol. The van der Waals surface area contributed by atoms with Crippen LogP contribution in [0.1, 0.15) is 42.6 Å². The van der Waals surface area contributed by atoms with Crippen LogP contribution in [0.2, 0.25) is 0 Å². The molecule has 0 radical (unpaired) electrons. The molecule has 0 aromatic carbocycles. The van der Waals surface area contributed by atoms with Crippen molar-refractivity contribution in [3.63, 3.8) is 0 Å². The Labute approximate surface area is 124 Å². The average Bonchev–Trinajstić information content (AvgIpc) is 2.92. The molecule has 1 atom stereocenters. The molecule has 0 bridgehead atoms. The molecule has 1 unspecified atom stereocenters. The fraction of sp³-hybridized carbons (Fsp3) is 0.600. The minimum absolute atomic E-state index is 0.315. The zero-order valence-electron chi connectivity index (χ0n) is 12.8. The highest BCUT2D eigenvalue weighted by Crippen LogP contribution is 2.44. The smallest absolute Gasteiger partial charge is 0.127 e. The minimum Gasteiger partial charge on any atom is -0.312 e. The quantitative estimate of drug-likeness (QED) is 0.924. The average molecular weight is 290 g/mol. The first-order chi connectivity index (χ1) is 9.41. The van der Waals surface area contributed by atoms with Gasteiger partial charge in [-0.05, 0) is 32.2 Å². The van der Waals surface area contributed by atoms with Gasteiger partial charge in [-0.1, -0.05) is 13.8 Å². The number of rotatable bonds is 2. The zero-order chi connectivity index (χ0) is 14.5. The first-order valence-electron chi connectivity index (χ1n) is 7.07. The highest BCUT2D eigenvalue weighted by molar-refractivity contribution is 7.15. The van der Waals surface area contributed by atoms with Crippen LogP contribution in [0, 0.1) is 12.3 Å². The lowest BCUT2D eigenvalue weighted by molar-refractivity contribution is 0.265. The summed E-state index contributed by atoms with van der Waals surface area (Å²) >= 11 is 1.82. The van der Waals surface area contributed by atoms with E-state index >= 15 is 0 Å². The van der Waals surface area contributed by atoms with Crippen LogP contribution < -0.4 is 5.32 Å². The summed E-state index contributed by atoms with van der Waals surface area (Å²) in [6, 6.07) is 0.428. The van der Waals surface area contributed by atoms with E-state index in [0.29, 0.717) is 11.5 Å². The van der Waals surface area contributed by atoms with Gasteiger partial charge in [0.15, 0.2) is 0 Å². The van der Waals surface area contributed by atoms with Gasteiger partial charge in [-0.15, -0.1) is 11.3 Å². The van der Waals surface area contributed by atoms with Crippen LogP contribution >= 0.6 is 11.3 Å². The molecule has 0 saturated carbocycles. The minimum atomic E-state index is 0.315. The molecule has 2 aromatic heterocycles. The maximum atomic E-state index is 4.91. The summed E-state index contributed by atoms with van der Waals surface area (Å²) in [4.78, 5) is 6.32. The van der Waals surface area contributed by atoms with Crippen molar-refractivity contribution in [1.82, 2.24) is 20.1 Å². The van der Waals surface area contributed by atoms with Gasteiger partial charge < -0.3 is 5.32 Å². The van der Waals surface area contributed by atoms with Gasteiger partial charge in [0.1, 0.15) is 5.01 Å². The number of thiazole rings is 1. The largest absolute Gasteiger partial charge is 0.312 e. The maximum absolute atomic E-state index is 4.91. The van der Waals surface area contributed by atoms with Crippen molar-refractivity contribution in [2.75, 3.05) is 7.05 Å². The zero-order valence-corrected chi connectivity index (χ0v) is 13.6. The van der Waals surface area contributed by atoms with E-state index in [-0.39, 0.29) is 0 Å². The Balaban J connectivity index is 2.06. The number of nitrogens with zero attached hydrogens (tertiary/aromatic N) is 3. The van der Waals surface area contributed by atoms with Crippen LogP contribution in [-0.2, 0) is 13.5 Å². The number of nitrogens with one attached hydrogen (secondary N) is 1. The van der Waals surface area contributed by atoms with Gasteiger partial charge in [0.25, 0.3) is 0 Å². The van der Waals surface area contributed by atoms with E-state index in [1.54, 1.807) is 0 Å². The maximum Gasteiger partial charge on any atom is 0.127 e. The lowest BCUT2D eigenvalue weighted by Gasteiger charge is -2.34. The molecular weight excluding hydrogens is 268 g/mol. The highest BCUT2D eigenvalue weighted by Gasteiger charge is 2.34. The lowest BCUT2D eigenvalue weighted by Crippen LogP contribution is -2.30. The summed E-state index contributed by atoms with van der Waals surface area (Å²) in [6.07, 6.45) is 4.17. The lowest BCUT2D eigenvalue weighted by atomic mass is 9.76. The second kappa shape index (κ2) is 4.67. The van der Waals surface area contributed by atoms with Gasteiger partial charge in [-0.2, -0.15) is 5.10 Å². The van der Waals surface area contributed by atoms with Crippen LogP contribution in [-0.4, -0.2) is 21.8 Å². The Kier molecular flexibility index (Phi) is 3.21. The number of fused-ring (bicyclic) bond motifs is 1. The number of hydrogen-bond donors (Lipinski definition) is 1. The molecule has 0 amide bonds. The summed E-state index contributed by atoms with van der Waals surface area (Å²) in [7, 11) is 4.02. The number of aryl methyl sites for hydroxylation is 1. The molecule has 2 aromatic rings. The van der Waals surface area contributed by atoms with Crippen LogP contribution in [0.15, 0.2) is 6.20 Å². The molecule has 0 spiro atoms. The highest BCUT2D eigenvalue weighted by atomic mass is 32.1. The molecule has 20 heavy (non-hydrogen) atoms. The molecule has 108 valence electrons. The third-order valence-electron chi connectivity index (χ3n) is 4.26. The standard InChI is InChI=1S/C15H22N4S/c1-9-10(8-17-19(9)5)14-18-12-7-15(2,3)6-11(16-4)13(12)20-14/h8,11,16H,6-7H2,1-5H3. The summed E-state index contributed by atoms with van der Waals surface area (Å²) in [5.74, 6) is 0. The summed E-state index contributed by atoms with van der Waals surface area (Å²) < 4.78 is 1.91. The predicted molar refractivity (Wildman–Crippen MR) is 83.0 cm³/mol. The van der Waals surface area contributed by atoms with Crippen LogP contribution in [0.25, 0.3) is 10.6 Å². The number of aromatic nitrogens is 3. The predicted octanol–water partition coefficient (Wildman–Crippen LogP) is 3.08.